The molecule has 0 aromatic heterocycles. The van der Waals surface area contributed by atoms with E-state index in [4.69, 9.17) is 15.2 Å². The Kier molecular flexibility index (Phi) is 6.68. The Labute approximate surface area is 146 Å². The quantitative estimate of drug-likeness (QED) is 0.744. The third kappa shape index (κ3) is 5.14. The van der Waals surface area contributed by atoms with E-state index in [9.17, 15) is 14.7 Å². The van der Waals surface area contributed by atoms with E-state index in [0.717, 1.165) is 0 Å². The fraction of sp³-hybridized carbons (Fsp3) is 0.263. The number of hydrogen-bond donors (Lipinski definition) is 2. The van der Waals surface area contributed by atoms with Crippen molar-refractivity contribution in [2.45, 2.75) is 25.2 Å². The number of nitrogens with two attached hydrogens (primary N) is 1. The van der Waals surface area contributed by atoms with Gasteiger partial charge in [-0.3, -0.25) is 0 Å². The molecule has 25 heavy (non-hydrogen) atoms. The molecule has 0 radical (unpaired) electrons. The van der Waals surface area contributed by atoms with E-state index in [-0.39, 0.29) is 0 Å². The second-order valence-electron chi connectivity index (χ2n) is 5.56. The van der Waals surface area contributed by atoms with Crippen LogP contribution in [0.3, 0.4) is 0 Å². The molecule has 3 atom stereocenters. The van der Waals surface area contributed by atoms with Gasteiger partial charge in [-0.1, -0.05) is 36.4 Å². The second-order valence-corrected chi connectivity index (χ2v) is 5.56. The van der Waals surface area contributed by atoms with Crippen LogP contribution in [-0.2, 0) is 9.47 Å². The Bertz CT molecular complexity index is 689. The van der Waals surface area contributed by atoms with Crippen LogP contribution in [0.4, 0.5) is 0 Å². The Balaban J connectivity index is 2.08. The van der Waals surface area contributed by atoms with E-state index in [1.807, 2.05) is 0 Å². The van der Waals surface area contributed by atoms with Crippen LogP contribution in [-0.4, -0.2) is 41.9 Å². The van der Waals surface area contributed by atoms with Crippen LogP contribution in [0.15, 0.2) is 60.7 Å². The van der Waals surface area contributed by atoms with Gasteiger partial charge in [-0.15, -0.1) is 0 Å². The normalized spacial score (nSPS) is 14.2. The number of carbonyl (C=O) groups is 2. The molecule has 0 amide bonds. The molecular formula is C19H21NO5. The molecule has 0 fully saturated rings. The van der Waals surface area contributed by atoms with Gasteiger partial charge in [-0.25, -0.2) is 9.59 Å². The highest BCUT2D eigenvalue weighted by Gasteiger charge is 2.31. The molecule has 0 aliphatic carbocycles. The molecule has 0 saturated carbocycles. The highest BCUT2D eigenvalue weighted by Crippen LogP contribution is 2.14. The summed E-state index contributed by atoms with van der Waals surface area (Å²) in [6, 6.07) is 16.0. The molecule has 6 nitrogen and oxygen atoms in total. The van der Waals surface area contributed by atoms with Gasteiger partial charge in [-0.2, -0.15) is 0 Å². The zero-order valence-electron chi connectivity index (χ0n) is 13.9. The van der Waals surface area contributed by atoms with Crippen molar-refractivity contribution in [1.82, 2.24) is 0 Å². The van der Waals surface area contributed by atoms with Gasteiger partial charge in [0.1, 0.15) is 6.10 Å². The molecule has 2 aromatic carbocycles. The summed E-state index contributed by atoms with van der Waals surface area (Å²) in [7, 11) is 0. The standard InChI is InChI=1S/C19H21NO5/c1-13(24-18(22)14-8-4-2-5-9-14)17(16(20)12-21)25-19(23)15-10-6-3-7-11-15/h2-11,13,16-17,21H,12,20H2,1H3/t13-,16+,17?/m1/s1. The molecule has 0 heterocycles. The highest BCUT2D eigenvalue weighted by atomic mass is 16.6. The van der Waals surface area contributed by atoms with Crippen molar-refractivity contribution in [2.75, 3.05) is 6.61 Å². The van der Waals surface area contributed by atoms with Gasteiger partial charge in [0.15, 0.2) is 6.10 Å². The molecule has 0 bridgehead atoms. The first kappa shape index (κ1) is 18.6. The summed E-state index contributed by atoms with van der Waals surface area (Å²) >= 11 is 0. The zero-order valence-corrected chi connectivity index (χ0v) is 13.9. The maximum absolute atomic E-state index is 12.2. The molecular weight excluding hydrogens is 322 g/mol. The van der Waals surface area contributed by atoms with Crippen molar-refractivity contribution >= 4 is 11.9 Å². The Morgan fingerprint density at radius 2 is 1.36 bits per heavy atom. The molecule has 0 aliphatic heterocycles. The summed E-state index contributed by atoms with van der Waals surface area (Å²) in [4.78, 5) is 24.4. The first-order chi connectivity index (χ1) is 12.0. The van der Waals surface area contributed by atoms with Crippen LogP contribution < -0.4 is 5.73 Å². The van der Waals surface area contributed by atoms with Crippen molar-refractivity contribution in [3.8, 4) is 0 Å². The van der Waals surface area contributed by atoms with Gasteiger partial charge < -0.3 is 20.3 Å². The lowest BCUT2D eigenvalue weighted by Gasteiger charge is -2.28. The Morgan fingerprint density at radius 3 is 1.80 bits per heavy atom. The van der Waals surface area contributed by atoms with Gasteiger partial charge in [0.2, 0.25) is 0 Å². The smallest absolute Gasteiger partial charge is 0.338 e. The molecule has 2 aromatic rings. The summed E-state index contributed by atoms with van der Waals surface area (Å²) < 4.78 is 10.7. The number of benzene rings is 2. The second kappa shape index (κ2) is 8.96. The summed E-state index contributed by atoms with van der Waals surface area (Å²) in [5.41, 5.74) is 6.56. The molecule has 0 aliphatic rings. The summed E-state index contributed by atoms with van der Waals surface area (Å²) in [6.45, 7) is 1.15. The molecule has 2 rings (SSSR count). The van der Waals surface area contributed by atoms with Gasteiger partial charge >= 0.3 is 11.9 Å². The predicted molar refractivity (Wildman–Crippen MR) is 92.0 cm³/mol. The number of hydrogen-bond acceptors (Lipinski definition) is 6. The van der Waals surface area contributed by atoms with E-state index in [2.05, 4.69) is 0 Å². The van der Waals surface area contributed by atoms with Crippen molar-refractivity contribution in [1.29, 1.82) is 0 Å². The average molecular weight is 343 g/mol. The lowest BCUT2D eigenvalue weighted by Crippen LogP contribution is -2.48. The van der Waals surface area contributed by atoms with Gasteiger partial charge in [-0.05, 0) is 31.2 Å². The largest absolute Gasteiger partial charge is 0.455 e. The number of ether oxygens (including phenoxy) is 2. The fourth-order valence-corrected chi connectivity index (χ4v) is 2.28. The predicted octanol–water partition coefficient (Wildman–Crippen LogP) is 1.78. The minimum absolute atomic E-state index is 0.347. The maximum Gasteiger partial charge on any atom is 0.338 e. The van der Waals surface area contributed by atoms with Crippen LogP contribution in [0.1, 0.15) is 27.6 Å². The van der Waals surface area contributed by atoms with Crippen LogP contribution in [0.2, 0.25) is 0 Å². The monoisotopic (exact) mass is 343 g/mol. The topological polar surface area (TPSA) is 98.9 Å². The molecule has 3 N–H and O–H groups in total. The minimum Gasteiger partial charge on any atom is -0.455 e. The van der Waals surface area contributed by atoms with E-state index in [1.165, 1.54) is 0 Å². The SMILES string of the molecule is C[C@@H](OC(=O)c1ccccc1)C(OC(=O)c1ccccc1)[C@@H](N)CO. The summed E-state index contributed by atoms with van der Waals surface area (Å²) in [5.74, 6) is -1.16. The molecule has 6 heteroatoms. The first-order valence-corrected chi connectivity index (χ1v) is 7.91. The lowest BCUT2D eigenvalue weighted by molar-refractivity contribution is -0.0433. The number of aliphatic hydroxyl groups excluding tert-OH is 1. The van der Waals surface area contributed by atoms with Crippen molar-refractivity contribution < 1.29 is 24.2 Å². The number of esters is 2. The van der Waals surface area contributed by atoms with E-state index < -0.39 is 36.8 Å². The number of aliphatic hydroxyl groups is 1. The van der Waals surface area contributed by atoms with Gasteiger partial charge in [0.05, 0.1) is 23.8 Å². The molecule has 0 spiro atoms. The Hall–Kier alpha value is -2.70. The van der Waals surface area contributed by atoms with Crippen molar-refractivity contribution in [3.63, 3.8) is 0 Å². The molecule has 1 unspecified atom stereocenters. The number of carbonyl (C=O) groups excluding carboxylic acids is 2. The zero-order chi connectivity index (χ0) is 18.2. The van der Waals surface area contributed by atoms with Crippen LogP contribution in [0, 0.1) is 0 Å². The molecule has 0 saturated heterocycles. The minimum atomic E-state index is -0.981. The van der Waals surface area contributed by atoms with Gasteiger partial charge in [0.25, 0.3) is 0 Å². The average Bonchev–Trinajstić information content (AvgIpc) is 2.66. The first-order valence-electron chi connectivity index (χ1n) is 7.91. The number of rotatable bonds is 7. The fourth-order valence-electron chi connectivity index (χ4n) is 2.28. The highest BCUT2D eigenvalue weighted by molar-refractivity contribution is 5.90. The summed E-state index contributed by atoms with van der Waals surface area (Å²) in [6.07, 6.45) is -1.81. The lowest BCUT2D eigenvalue weighted by atomic mass is 10.1. The van der Waals surface area contributed by atoms with E-state index >= 15 is 0 Å². The molecule has 132 valence electrons. The van der Waals surface area contributed by atoms with Gasteiger partial charge in [0, 0.05) is 0 Å². The maximum atomic E-state index is 12.2. The van der Waals surface area contributed by atoms with E-state index in [1.54, 1.807) is 67.6 Å². The van der Waals surface area contributed by atoms with Crippen molar-refractivity contribution in [2.24, 2.45) is 5.73 Å². The van der Waals surface area contributed by atoms with Crippen LogP contribution in [0.5, 0.6) is 0 Å². The van der Waals surface area contributed by atoms with Crippen LogP contribution >= 0.6 is 0 Å². The van der Waals surface area contributed by atoms with E-state index in [0.29, 0.717) is 11.1 Å². The Morgan fingerprint density at radius 1 is 0.920 bits per heavy atom. The van der Waals surface area contributed by atoms with Crippen molar-refractivity contribution in [3.05, 3.63) is 71.8 Å². The third-order valence-corrected chi connectivity index (χ3v) is 3.65. The van der Waals surface area contributed by atoms with Crippen LogP contribution in [0.25, 0.3) is 0 Å². The summed E-state index contributed by atoms with van der Waals surface area (Å²) in [5, 5.41) is 9.33. The third-order valence-electron chi connectivity index (χ3n) is 3.65.